The summed E-state index contributed by atoms with van der Waals surface area (Å²) < 4.78 is 3.88. The second-order valence-electron chi connectivity index (χ2n) is 4.76. The summed E-state index contributed by atoms with van der Waals surface area (Å²) in [6, 6.07) is 31.6. The van der Waals surface area contributed by atoms with Crippen LogP contribution in [0.2, 0.25) is 0 Å². The van der Waals surface area contributed by atoms with E-state index in [-0.39, 0.29) is 5.48 Å². The number of halogens is 1. The van der Waals surface area contributed by atoms with Gasteiger partial charge in [0.25, 0.3) is 0 Å². The molecule has 0 spiro atoms. The molecular formula is C18H17ClOSn. The van der Waals surface area contributed by atoms with Crippen molar-refractivity contribution in [3.63, 3.8) is 0 Å². The summed E-state index contributed by atoms with van der Waals surface area (Å²) >= 11 is -3.30. The Morgan fingerprint density at radius 1 is 0.476 bits per heavy atom. The minimum atomic E-state index is -3.30. The number of hydrogen-bond acceptors (Lipinski definition) is 0. The van der Waals surface area contributed by atoms with Crippen LogP contribution < -0.4 is 10.7 Å². The molecule has 0 saturated carbocycles. The normalized spacial score (nSPS) is 10.7. The van der Waals surface area contributed by atoms with E-state index in [2.05, 4.69) is 72.8 Å². The van der Waals surface area contributed by atoms with E-state index in [0.717, 1.165) is 0 Å². The first-order valence-electron chi connectivity index (χ1n) is 6.67. The fraction of sp³-hybridized carbons (Fsp3) is 0. The van der Waals surface area contributed by atoms with Crippen LogP contribution in [0.4, 0.5) is 0 Å². The van der Waals surface area contributed by atoms with Crippen molar-refractivity contribution in [3.05, 3.63) is 91.0 Å². The van der Waals surface area contributed by atoms with Crippen LogP contribution in [0.3, 0.4) is 0 Å². The molecule has 3 heteroatoms. The molecule has 0 aliphatic rings. The molecule has 1 nitrogen and oxygen atoms in total. The maximum atomic E-state index is 7.33. The molecule has 2 N–H and O–H groups in total. The Hall–Kier alpha value is -1.29. The Bertz CT molecular complexity index is 575. The Morgan fingerprint density at radius 3 is 0.952 bits per heavy atom. The third kappa shape index (κ3) is 3.15. The monoisotopic (exact) mass is 404 g/mol. The van der Waals surface area contributed by atoms with E-state index in [1.807, 2.05) is 18.2 Å². The van der Waals surface area contributed by atoms with Crippen molar-refractivity contribution < 1.29 is 5.48 Å². The molecule has 0 saturated heterocycles. The Balaban J connectivity index is 0.00000161. The first-order chi connectivity index (χ1) is 9.82. The molecule has 0 amide bonds. The Kier molecular flexibility index (Phi) is 5.45. The van der Waals surface area contributed by atoms with Crippen molar-refractivity contribution >= 4 is 36.9 Å². The van der Waals surface area contributed by atoms with E-state index < -0.39 is 17.3 Å². The number of benzene rings is 3. The van der Waals surface area contributed by atoms with Gasteiger partial charge in [0.2, 0.25) is 0 Å². The van der Waals surface area contributed by atoms with E-state index in [1.54, 1.807) is 0 Å². The summed E-state index contributed by atoms with van der Waals surface area (Å²) in [4.78, 5) is 0. The molecule has 21 heavy (non-hydrogen) atoms. The molecule has 0 unspecified atom stereocenters. The molecule has 0 aliphatic heterocycles. The second-order valence-corrected chi connectivity index (χ2v) is 17.3. The van der Waals surface area contributed by atoms with E-state index >= 15 is 0 Å². The van der Waals surface area contributed by atoms with Gasteiger partial charge in [-0.1, -0.05) is 0 Å². The predicted octanol–water partition coefficient (Wildman–Crippen LogP) is 2.07. The van der Waals surface area contributed by atoms with Crippen molar-refractivity contribution in [2.75, 3.05) is 0 Å². The van der Waals surface area contributed by atoms with Gasteiger partial charge in [0.15, 0.2) is 0 Å². The zero-order valence-electron chi connectivity index (χ0n) is 11.5. The van der Waals surface area contributed by atoms with Gasteiger partial charge in [-0.05, 0) is 0 Å². The van der Waals surface area contributed by atoms with Crippen LogP contribution in [0.25, 0.3) is 0 Å². The first kappa shape index (κ1) is 16.1. The van der Waals surface area contributed by atoms with Crippen LogP contribution in [0, 0.1) is 0 Å². The van der Waals surface area contributed by atoms with Gasteiger partial charge in [-0.15, -0.1) is 0 Å². The summed E-state index contributed by atoms with van der Waals surface area (Å²) in [7, 11) is 7.33. The van der Waals surface area contributed by atoms with Gasteiger partial charge in [-0.25, -0.2) is 0 Å². The summed E-state index contributed by atoms with van der Waals surface area (Å²) in [6.07, 6.45) is 0. The molecule has 0 fully saturated rings. The quantitative estimate of drug-likeness (QED) is 0.600. The summed E-state index contributed by atoms with van der Waals surface area (Å²) in [5.74, 6) is 0. The van der Waals surface area contributed by atoms with Crippen molar-refractivity contribution in [3.8, 4) is 0 Å². The first-order valence-corrected chi connectivity index (χ1v) is 14.6. The fourth-order valence-electron chi connectivity index (χ4n) is 2.50. The molecular weight excluding hydrogens is 386 g/mol. The summed E-state index contributed by atoms with van der Waals surface area (Å²) in [5, 5.41) is 0. The van der Waals surface area contributed by atoms with Gasteiger partial charge in [-0.3, -0.25) is 0 Å². The summed E-state index contributed by atoms with van der Waals surface area (Å²) in [5.41, 5.74) is 0. The van der Waals surface area contributed by atoms with E-state index in [9.17, 15) is 0 Å². The van der Waals surface area contributed by atoms with Gasteiger partial charge < -0.3 is 5.48 Å². The SMILES string of the molecule is O.[Cl][Sn]([c]1ccccc1)([c]1ccccc1)[c]1ccccc1. The molecule has 0 bridgehead atoms. The standard InChI is InChI=1S/3C6H5.ClH.H2O.Sn/c3*1-2-4-6-5-3-1;;;/h3*1-5H;1H;1H2;/q;;;;;+1/p-1. The van der Waals surface area contributed by atoms with Gasteiger partial charge in [0.1, 0.15) is 0 Å². The molecule has 0 aromatic heterocycles. The van der Waals surface area contributed by atoms with Crippen LogP contribution in [-0.4, -0.2) is 22.7 Å². The topological polar surface area (TPSA) is 31.5 Å². The van der Waals surface area contributed by atoms with Crippen LogP contribution in [0.15, 0.2) is 91.0 Å². The van der Waals surface area contributed by atoms with Crippen LogP contribution in [0.5, 0.6) is 0 Å². The Morgan fingerprint density at radius 2 is 0.714 bits per heavy atom. The average molecular weight is 403 g/mol. The number of rotatable bonds is 3. The molecule has 3 aromatic rings. The fourth-order valence-corrected chi connectivity index (χ4v) is 13.5. The molecule has 3 rings (SSSR count). The van der Waals surface area contributed by atoms with Crippen LogP contribution >= 0.6 is 8.92 Å². The molecule has 106 valence electrons. The average Bonchev–Trinajstić information content (AvgIpc) is 2.56. The number of hydrogen-bond donors (Lipinski definition) is 0. The zero-order chi connectivity index (χ0) is 13.8. The summed E-state index contributed by atoms with van der Waals surface area (Å²) in [6.45, 7) is 0. The van der Waals surface area contributed by atoms with Gasteiger partial charge >= 0.3 is 128 Å². The molecule has 3 aromatic carbocycles. The molecule has 0 aliphatic carbocycles. The van der Waals surface area contributed by atoms with Crippen molar-refractivity contribution in [1.29, 1.82) is 0 Å². The van der Waals surface area contributed by atoms with E-state index in [1.165, 1.54) is 10.7 Å². The third-order valence-electron chi connectivity index (χ3n) is 3.51. The Labute approximate surface area is 133 Å². The molecule has 0 atom stereocenters. The predicted molar refractivity (Wildman–Crippen MR) is 93.4 cm³/mol. The van der Waals surface area contributed by atoms with Crippen molar-refractivity contribution in [1.82, 2.24) is 0 Å². The van der Waals surface area contributed by atoms with E-state index in [4.69, 9.17) is 8.92 Å². The maximum absolute atomic E-state index is 7.33. The van der Waals surface area contributed by atoms with E-state index in [0.29, 0.717) is 0 Å². The third-order valence-corrected chi connectivity index (χ3v) is 17.6. The van der Waals surface area contributed by atoms with Gasteiger partial charge in [0.05, 0.1) is 0 Å². The molecule has 0 heterocycles. The van der Waals surface area contributed by atoms with Crippen LogP contribution in [-0.2, 0) is 0 Å². The van der Waals surface area contributed by atoms with Crippen LogP contribution in [0.1, 0.15) is 0 Å². The van der Waals surface area contributed by atoms with Crippen molar-refractivity contribution in [2.24, 2.45) is 0 Å². The minimum absolute atomic E-state index is 0. The van der Waals surface area contributed by atoms with Crippen molar-refractivity contribution in [2.45, 2.75) is 0 Å². The molecule has 0 radical (unpaired) electrons. The zero-order valence-corrected chi connectivity index (χ0v) is 15.1. The van der Waals surface area contributed by atoms with Gasteiger partial charge in [0, 0.05) is 0 Å². The van der Waals surface area contributed by atoms with Gasteiger partial charge in [-0.2, -0.15) is 0 Å². The second kappa shape index (κ2) is 7.12.